The van der Waals surface area contributed by atoms with Gasteiger partial charge in [-0.25, -0.2) is 0 Å². The molecule has 0 bridgehead atoms. The number of halogens is 1. The van der Waals surface area contributed by atoms with Crippen LogP contribution in [0, 0.1) is 11.3 Å². The van der Waals surface area contributed by atoms with Gasteiger partial charge in [-0.1, -0.05) is 43.5 Å². The molecule has 1 aromatic rings. The van der Waals surface area contributed by atoms with Gasteiger partial charge in [0.2, 0.25) is 0 Å². The molecule has 0 fully saturated rings. The fraction of sp³-hybridized carbons (Fsp3) is 0.467. The van der Waals surface area contributed by atoms with Crippen molar-refractivity contribution in [3.05, 3.63) is 34.9 Å². The van der Waals surface area contributed by atoms with E-state index in [1.807, 2.05) is 29.3 Å². The molecule has 1 aliphatic heterocycles. The molecule has 0 spiro atoms. The Kier molecular flexibility index (Phi) is 4.99. The molecule has 0 amide bonds. The van der Waals surface area contributed by atoms with Gasteiger partial charge in [-0.15, -0.1) is 0 Å². The van der Waals surface area contributed by atoms with Crippen molar-refractivity contribution < 1.29 is 0 Å². The van der Waals surface area contributed by atoms with Crippen LogP contribution in [0.15, 0.2) is 29.3 Å². The van der Waals surface area contributed by atoms with E-state index in [4.69, 9.17) is 11.6 Å². The van der Waals surface area contributed by atoms with Crippen LogP contribution in [0.4, 0.5) is 0 Å². The Labute approximate surface area is 125 Å². The van der Waals surface area contributed by atoms with E-state index in [-0.39, 0.29) is 0 Å². The number of nitrogens with one attached hydrogen (secondary N) is 1. The van der Waals surface area contributed by atoms with E-state index in [1.165, 1.54) is 0 Å². The Morgan fingerprint density at radius 3 is 2.75 bits per heavy atom. The second-order valence-electron chi connectivity index (χ2n) is 5.08. The molecule has 1 aromatic carbocycles. The second kappa shape index (κ2) is 6.74. The van der Waals surface area contributed by atoms with Gasteiger partial charge < -0.3 is 5.43 Å². The summed E-state index contributed by atoms with van der Waals surface area (Å²) in [5.74, 6) is 0. The van der Waals surface area contributed by atoms with Crippen molar-refractivity contribution in [2.24, 2.45) is 4.99 Å². The Bertz CT molecular complexity index is 498. The molecule has 0 aromatic heterocycles. The van der Waals surface area contributed by atoms with E-state index in [1.54, 1.807) is 6.34 Å². The lowest BCUT2D eigenvalue weighted by atomic mass is 9.77. The van der Waals surface area contributed by atoms with Gasteiger partial charge in [-0.3, -0.25) is 4.99 Å². The third-order valence-electron chi connectivity index (χ3n) is 3.61. The molecule has 0 radical (unpaired) electrons. The van der Waals surface area contributed by atoms with Crippen LogP contribution in [0.1, 0.15) is 31.7 Å². The summed E-state index contributed by atoms with van der Waals surface area (Å²) in [5.41, 5.74) is 3.56. The number of unbranched alkanes of at least 4 members (excludes halogenated alkanes) is 1. The number of hydrogen-bond donors (Lipinski definition) is 1. The Balaban J connectivity index is 2.25. The lowest BCUT2D eigenvalue weighted by Crippen LogP contribution is -2.44. The zero-order valence-corrected chi connectivity index (χ0v) is 12.4. The average Bonchev–Trinajstić information content (AvgIpc) is 2.97. The van der Waals surface area contributed by atoms with E-state index in [9.17, 15) is 5.26 Å². The number of benzene rings is 1. The highest BCUT2D eigenvalue weighted by Gasteiger charge is 2.34. The molecule has 1 atom stereocenters. The average molecular weight is 291 g/mol. The van der Waals surface area contributed by atoms with Crippen LogP contribution in [0.2, 0.25) is 5.02 Å². The van der Waals surface area contributed by atoms with Gasteiger partial charge in [0, 0.05) is 11.6 Å². The minimum absolute atomic E-state index is 0.526. The Morgan fingerprint density at radius 1 is 1.45 bits per heavy atom. The summed E-state index contributed by atoms with van der Waals surface area (Å²) >= 11 is 5.95. The summed E-state index contributed by atoms with van der Waals surface area (Å²) in [5, 5.41) is 12.5. The first kappa shape index (κ1) is 14.8. The number of hydrazine groups is 1. The van der Waals surface area contributed by atoms with Gasteiger partial charge in [0.25, 0.3) is 0 Å². The molecule has 1 N–H and O–H groups in total. The summed E-state index contributed by atoms with van der Waals surface area (Å²) in [7, 11) is 0. The van der Waals surface area contributed by atoms with Crippen molar-refractivity contribution in [2.75, 3.05) is 13.2 Å². The maximum Gasteiger partial charge on any atom is 0.110 e. The summed E-state index contributed by atoms with van der Waals surface area (Å²) in [4.78, 5) is 4.13. The minimum Gasteiger partial charge on any atom is -0.308 e. The van der Waals surface area contributed by atoms with Gasteiger partial charge in [-0.05, 0) is 24.1 Å². The lowest BCUT2D eigenvalue weighted by Gasteiger charge is -2.31. The van der Waals surface area contributed by atoms with Crippen molar-refractivity contribution in [2.45, 2.75) is 31.6 Å². The van der Waals surface area contributed by atoms with Gasteiger partial charge in [-0.2, -0.15) is 10.3 Å². The zero-order valence-electron chi connectivity index (χ0n) is 11.6. The van der Waals surface area contributed by atoms with Gasteiger partial charge in [0.05, 0.1) is 17.8 Å². The van der Waals surface area contributed by atoms with Crippen LogP contribution in [0.3, 0.4) is 0 Å². The predicted octanol–water partition coefficient (Wildman–Crippen LogP) is 3.10. The maximum atomic E-state index is 9.81. The van der Waals surface area contributed by atoms with Crippen LogP contribution in [0.5, 0.6) is 0 Å². The number of nitrogens with zero attached hydrogens (tertiary/aromatic N) is 3. The van der Waals surface area contributed by atoms with Crippen LogP contribution in [0.25, 0.3) is 0 Å². The molecule has 1 unspecified atom stereocenters. The third kappa shape index (κ3) is 3.30. The Morgan fingerprint density at radius 2 is 2.20 bits per heavy atom. The number of aliphatic imine (C=N–C) groups is 1. The van der Waals surface area contributed by atoms with Crippen molar-refractivity contribution in [3.8, 4) is 6.07 Å². The maximum absolute atomic E-state index is 9.81. The Hall–Kier alpha value is -1.57. The van der Waals surface area contributed by atoms with Crippen LogP contribution >= 0.6 is 11.6 Å². The molecule has 0 saturated carbocycles. The van der Waals surface area contributed by atoms with Gasteiger partial charge in [0.15, 0.2) is 0 Å². The fourth-order valence-corrected chi connectivity index (χ4v) is 2.57. The first-order valence-electron chi connectivity index (χ1n) is 6.87. The molecule has 1 aliphatic rings. The minimum atomic E-state index is -0.526. The molecular weight excluding hydrogens is 272 g/mol. The quantitative estimate of drug-likeness (QED) is 0.876. The van der Waals surface area contributed by atoms with Crippen LogP contribution < -0.4 is 5.43 Å². The second-order valence-corrected chi connectivity index (χ2v) is 5.52. The topological polar surface area (TPSA) is 51.4 Å². The van der Waals surface area contributed by atoms with E-state index in [0.717, 1.165) is 24.8 Å². The predicted molar refractivity (Wildman–Crippen MR) is 81.5 cm³/mol. The van der Waals surface area contributed by atoms with E-state index in [0.29, 0.717) is 18.2 Å². The molecule has 2 rings (SSSR count). The smallest absolute Gasteiger partial charge is 0.110 e. The van der Waals surface area contributed by atoms with E-state index >= 15 is 0 Å². The SMILES string of the molecule is CCCCC(C#N)(CN1CN=CN1)c1ccc(Cl)cc1. The molecule has 5 heteroatoms. The highest BCUT2D eigenvalue weighted by atomic mass is 35.5. The standard InChI is InChI=1S/C15H19ClN4/c1-2-3-8-15(9-17,10-20-12-18-11-19-20)13-4-6-14(16)7-5-13/h4-7,11H,2-3,8,10,12H2,1H3,(H,18,19). The van der Waals surface area contributed by atoms with E-state index < -0.39 is 5.41 Å². The number of hydrogen-bond acceptors (Lipinski definition) is 4. The highest BCUT2D eigenvalue weighted by molar-refractivity contribution is 6.30. The summed E-state index contributed by atoms with van der Waals surface area (Å²) in [6, 6.07) is 10.1. The van der Waals surface area contributed by atoms with Crippen molar-refractivity contribution in [3.63, 3.8) is 0 Å². The molecule has 1 heterocycles. The van der Waals surface area contributed by atoms with Crippen molar-refractivity contribution >= 4 is 17.9 Å². The first-order valence-corrected chi connectivity index (χ1v) is 7.25. The lowest BCUT2D eigenvalue weighted by molar-refractivity contribution is 0.216. The van der Waals surface area contributed by atoms with Gasteiger partial charge in [0.1, 0.15) is 6.67 Å². The summed E-state index contributed by atoms with van der Waals surface area (Å²) < 4.78 is 0. The van der Waals surface area contributed by atoms with Gasteiger partial charge >= 0.3 is 0 Å². The monoisotopic (exact) mass is 290 g/mol. The highest BCUT2D eigenvalue weighted by Crippen LogP contribution is 2.31. The molecule has 4 nitrogen and oxygen atoms in total. The van der Waals surface area contributed by atoms with Crippen molar-refractivity contribution in [1.82, 2.24) is 10.4 Å². The molecule has 0 saturated heterocycles. The number of nitriles is 1. The normalized spacial score (nSPS) is 17.4. The van der Waals surface area contributed by atoms with Crippen LogP contribution in [-0.2, 0) is 5.41 Å². The fourth-order valence-electron chi connectivity index (χ4n) is 2.44. The largest absolute Gasteiger partial charge is 0.308 e. The summed E-state index contributed by atoms with van der Waals surface area (Å²) in [6.45, 7) is 3.34. The molecule has 106 valence electrons. The molecule has 0 aliphatic carbocycles. The van der Waals surface area contributed by atoms with Crippen molar-refractivity contribution in [1.29, 1.82) is 5.26 Å². The van der Waals surface area contributed by atoms with E-state index in [2.05, 4.69) is 23.4 Å². The number of rotatable bonds is 6. The molecular formula is C15H19ClN4. The van der Waals surface area contributed by atoms with Crippen LogP contribution in [-0.4, -0.2) is 24.6 Å². The third-order valence-corrected chi connectivity index (χ3v) is 3.86. The molecule has 20 heavy (non-hydrogen) atoms. The zero-order chi connectivity index (χ0) is 14.4. The first-order chi connectivity index (χ1) is 9.70. The summed E-state index contributed by atoms with van der Waals surface area (Å²) in [6.07, 6.45) is 4.59.